The highest BCUT2D eigenvalue weighted by Gasteiger charge is 2.14. The lowest BCUT2D eigenvalue weighted by Crippen LogP contribution is -2.01. The summed E-state index contributed by atoms with van der Waals surface area (Å²) >= 11 is 1.23. The largest absolute Gasteiger partial charge is 0.483 e. The molecule has 1 heterocycles. The molecule has 0 amide bonds. The number of hydrogen-bond donors (Lipinski definition) is 1. The Labute approximate surface area is 107 Å². The number of thiazole rings is 1. The summed E-state index contributed by atoms with van der Waals surface area (Å²) in [6.45, 7) is 1.73. The second-order valence-electron chi connectivity index (χ2n) is 3.54. The lowest BCUT2D eigenvalue weighted by molar-refractivity contribution is 0.0690. The van der Waals surface area contributed by atoms with Gasteiger partial charge in [0.25, 0.3) is 0 Å². The number of hydrogen-bond acceptors (Lipinski definition) is 4. The number of carboxylic acid groups (broad SMARTS) is 1. The van der Waals surface area contributed by atoms with Gasteiger partial charge in [0, 0.05) is 4.88 Å². The summed E-state index contributed by atoms with van der Waals surface area (Å²) in [5.41, 5.74) is 0.0205. The van der Waals surface area contributed by atoms with E-state index in [1.165, 1.54) is 23.5 Å². The smallest absolute Gasteiger partial charge is 0.355 e. The van der Waals surface area contributed by atoms with Crippen molar-refractivity contribution in [3.63, 3.8) is 0 Å². The normalized spacial score (nSPS) is 10.3. The van der Waals surface area contributed by atoms with Crippen LogP contribution in [0, 0.1) is 12.7 Å². The zero-order valence-electron chi connectivity index (χ0n) is 9.51. The van der Waals surface area contributed by atoms with Crippen molar-refractivity contribution in [3.8, 4) is 5.75 Å². The van der Waals surface area contributed by atoms with Gasteiger partial charge in [0.2, 0.25) is 0 Å². The molecular weight excluding hydrogens is 257 g/mol. The van der Waals surface area contributed by atoms with Gasteiger partial charge in [-0.1, -0.05) is 12.1 Å². The van der Waals surface area contributed by atoms with Gasteiger partial charge < -0.3 is 9.84 Å². The van der Waals surface area contributed by atoms with Crippen molar-refractivity contribution in [2.24, 2.45) is 0 Å². The molecule has 6 heteroatoms. The molecule has 2 rings (SSSR count). The Kier molecular flexibility index (Phi) is 3.57. The van der Waals surface area contributed by atoms with Crippen LogP contribution in [0.25, 0.3) is 0 Å². The molecule has 0 bridgehead atoms. The number of para-hydroxylation sites is 1. The second kappa shape index (κ2) is 5.14. The molecular formula is C12H10FNO3S. The van der Waals surface area contributed by atoms with Crippen molar-refractivity contribution in [2.45, 2.75) is 13.5 Å². The number of ether oxygens (including phenoxy) is 1. The van der Waals surface area contributed by atoms with E-state index in [2.05, 4.69) is 4.98 Å². The maximum absolute atomic E-state index is 13.3. The minimum absolute atomic E-state index is 0.0205. The van der Waals surface area contributed by atoms with E-state index in [0.717, 1.165) is 0 Å². The van der Waals surface area contributed by atoms with E-state index in [1.54, 1.807) is 19.1 Å². The highest BCUT2D eigenvalue weighted by Crippen LogP contribution is 2.21. The summed E-state index contributed by atoms with van der Waals surface area (Å²) < 4.78 is 18.5. The van der Waals surface area contributed by atoms with Gasteiger partial charge in [0.15, 0.2) is 17.3 Å². The van der Waals surface area contributed by atoms with Crippen LogP contribution in [0.4, 0.5) is 4.39 Å². The van der Waals surface area contributed by atoms with E-state index in [-0.39, 0.29) is 18.1 Å². The van der Waals surface area contributed by atoms with E-state index in [0.29, 0.717) is 9.88 Å². The fourth-order valence-electron chi connectivity index (χ4n) is 1.41. The van der Waals surface area contributed by atoms with E-state index in [4.69, 9.17) is 9.84 Å². The van der Waals surface area contributed by atoms with E-state index in [9.17, 15) is 9.18 Å². The molecule has 0 atom stereocenters. The zero-order valence-corrected chi connectivity index (χ0v) is 10.3. The molecule has 1 N–H and O–H groups in total. The number of nitrogens with zero attached hydrogens (tertiary/aromatic N) is 1. The number of aryl methyl sites for hydroxylation is 1. The first-order chi connectivity index (χ1) is 8.58. The van der Waals surface area contributed by atoms with Gasteiger partial charge in [-0.3, -0.25) is 0 Å². The van der Waals surface area contributed by atoms with Crippen molar-refractivity contribution in [1.29, 1.82) is 0 Å². The van der Waals surface area contributed by atoms with Crippen LogP contribution in [0.5, 0.6) is 5.75 Å². The van der Waals surface area contributed by atoms with Gasteiger partial charge in [-0.2, -0.15) is 0 Å². The highest BCUT2D eigenvalue weighted by atomic mass is 32.1. The third-order valence-corrected chi connectivity index (χ3v) is 3.18. The van der Waals surface area contributed by atoms with Crippen LogP contribution < -0.4 is 4.74 Å². The van der Waals surface area contributed by atoms with Crippen molar-refractivity contribution in [3.05, 3.63) is 45.7 Å². The Balaban J connectivity index is 2.09. The maximum atomic E-state index is 13.3. The third-order valence-electron chi connectivity index (χ3n) is 2.23. The number of carbonyl (C=O) groups is 1. The predicted molar refractivity (Wildman–Crippen MR) is 64.5 cm³/mol. The molecule has 0 radical (unpaired) electrons. The van der Waals surface area contributed by atoms with Gasteiger partial charge >= 0.3 is 5.97 Å². The number of carboxylic acids is 1. The van der Waals surface area contributed by atoms with E-state index < -0.39 is 11.8 Å². The van der Waals surface area contributed by atoms with Crippen molar-refractivity contribution < 1.29 is 19.0 Å². The number of rotatable bonds is 4. The Morgan fingerprint density at radius 3 is 2.83 bits per heavy atom. The molecule has 94 valence electrons. The average molecular weight is 267 g/mol. The number of aromatic nitrogens is 1. The SMILES string of the molecule is Cc1sc(COc2ccccc2F)nc1C(=O)O. The van der Waals surface area contributed by atoms with E-state index >= 15 is 0 Å². The molecule has 0 spiro atoms. The Morgan fingerprint density at radius 2 is 2.22 bits per heavy atom. The fraction of sp³-hybridized carbons (Fsp3) is 0.167. The topological polar surface area (TPSA) is 59.4 Å². The van der Waals surface area contributed by atoms with Gasteiger partial charge in [0.05, 0.1) is 0 Å². The van der Waals surface area contributed by atoms with Crippen LogP contribution in [0.15, 0.2) is 24.3 Å². The van der Waals surface area contributed by atoms with Gasteiger partial charge in [-0.05, 0) is 19.1 Å². The number of halogens is 1. The van der Waals surface area contributed by atoms with Crippen LogP contribution in [0.1, 0.15) is 20.4 Å². The molecule has 0 fully saturated rings. The first-order valence-corrected chi connectivity index (χ1v) is 5.96. The second-order valence-corrected chi connectivity index (χ2v) is 4.82. The molecule has 0 aliphatic carbocycles. The summed E-state index contributed by atoms with van der Waals surface area (Å²) in [6, 6.07) is 6.03. The first kappa shape index (κ1) is 12.5. The first-order valence-electron chi connectivity index (χ1n) is 5.15. The molecule has 0 aliphatic rings. The predicted octanol–water partition coefficient (Wildman–Crippen LogP) is 2.87. The fourth-order valence-corrected chi connectivity index (χ4v) is 2.25. The molecule has 0 saturated carbocycles. The van der Waals surface area contributed by atoms with Crippen LogP contribution in [-0.2, 0) is 6.61 Å². The van der Waals surface area contributed by atoms with Gasteiger partial charge in [-0.25, -0.2) is 14.2 Å². The maximum Gasteiger partial charge on any atom is 0.355 e. The average Bonchev–Trinajstić information content (AvgIpc) is 2.70. The molecule has 0 aliphatic heterocycles. The number of aromatic carboxylic acids is 1. The molecule has 1 aromatic heterocycles. The summed E-state index contributed by atoms with van der Waals surface area (Å²) in [5, 5.41) is 9.36. The summed E-state index contributed by atoms with van der Waals surface area (Å²) in [4.78, 5) is 15.3. The molecule has 0 unspecified atom stereocenters. The van der Waals surface area contributed by atoms with Crippen molar-refractivity contribution >= 4 is 17.3 Å². The summed E-state index contributed by atoms with van der Waals surface area (Å²) in [6.07, 6.45) is 0. The quantitative estimate of drug-likeness (QED) is 0.925. The van der Waals surface area contributed by atoms with E-state index in [1.807, 2.05) is 0 Å². The van der Waals surface area contributed by atoms with Crippen LogP contribution in [0.3, 0.4) is 0 Å². The number of benzene rings is 1. The van der Waals surface area contributed by atoms with Gasteiger partial charge in [-0.15, -0.1) is 11.3 Å². The monoisotopic (exact) mass is 267 g/mol. The van der Waals surface area contributed by atoms with Crippen molar-refractivity contribution in [1.82, 2.24) is 4.98 Å². The molecule has 1 aromatic carbocycles. The van der Waals surface area contributed by atoms with Crippen molar-refractivity contribution in [2.75, 3.05) is 0 Å². The third kappa shape index (κ3) is 2.65. The van der Waals surface area contributed by atoms with Crippen LogP contribution in [0.2, 0.25) is 0 Å². The zero-order chi connectivity index (χ0) is 13.1. The Morgan fingerprint density at radius 1 is 1.50 bits per heavy atom. The van der Waals surface area contributed by atoms with Gasteiger partial charge in [0.1, 0.15) is 11.6 Å². The Hall–Kier alpha value is -1.95. The molecule has 0 saturated heterocycles. The molecule has 2 aromatic rings. The van der Waals surface area contributed by atoms with Crippen LogP contribution >= 0.6 is 11.3 Å². The summed E-state index contributed by atoms with van der Waals surface area (Å²) in [7, 11) is 0. The lowest BCUT2D eigenvalue weighted by atomic mass is 10.3. The minimum Gasteiger partial charge on any atom is -0.483 e. The highest BCUT2D eigenvalue weighted by molar-refractivity contribution is 7.11. The Bertz CT molecular complexity index is 582. The summed E-state index contributed by atoms with van der Waals surface area (Å²) in [5.74, 6) is -1.40. The standard InChI is InChI=1S/C12H10FNO3S/c1-7-11(12(15)16)14-10(18-7)6-17-9-5-3-2-4-8(9)13/h2-5H,6H2,1H3,(H,15,16). The lowest BCUT2D eigenvalue weighted by Gasteiger charge is -2.04. The molecule has 4 nitrogen and oxygen atoms in total. The molecule has 18 heavy (non-hydrogen) atoms. The minimum atomic E-state index is -1.07. The van der Waals surface area contributed by atoms with Crippen LogP contribution in [-0.4, -0.2) is 16.1 Å².